The van der Waals surface area contributed by atoms with Crippen LogP contribution in [0.1, 0.15) is 5.69 Å². The molecule has 48 valence electrons. The largest absolute Gasteiger partial charge is 0.294 e. The fraction of sp³-hybridized carbons (Fsp3) is 0.333. The standard InChI is InChI=1S/C6H9N3/c1-7-5-6-3-4-9(2)8-6/h3-4H,1,5H2,2H3. The van der Waals surface area contributed by atoms with Gasteiger partial charge in [0.05, 0.1) is 12.2 Å². The van der Waals surface area contributed by atoms with E-state index in [2.05, 4.69) is 16.8 Å². The van der Waals surface area contributed by atoms with Crippen LogP contribution in [0.3, 0.4) is 0 Å². The first-order valence-electron chi connectivity index (χ1n) is 2.74. The summed E-state index contributed by atoms with van der Waals surface area (Å²) in [4.78, 5) is 3.69. The molecule has 0 saturated carbocycles. The second kappa shape index (κ2) is 2.44. The Labute approximate surface area is 54.0 Å². The van der Waals surface area contributed by atoms with E-state index in [1.54, 1.807) is 4.68 Å². The van der Waals surface area contributed by atoms with Gasteiger partial charge in [-0.2, -0.15) is 5.10 Å². The molecule has 0 aliphatic heterocycles. The molecule has 0 aliphatic rings. The summed E-state index contributed by atoms with van der Waals surface area (Å²) in [5.74, 6) is 0. The summed E-state index contributed by atoms with van der Waals surface area (Å²) in [6.07, 6.45) is 1.89. The zero-order chi connectivity index (χ0) is 6.69. The minimum Gasteiger partial charge on any atom is -0.294 e. The Balaban J connectivity index is 2.72. The Kier molecular flexibility index (Phi) is 1.63. The van der Waals surface area contributed by atoms with Gasteiger partial charge in [-0.15, -0.1) is 0 Å². The molecule has 0 fully saturated rings. The van der Waals surface area contributed by atoms with E-state index in [0.29, 0.717) is 6.54 Å². The van der Waals surface area contributed by atoms with Crippen molar-refractivity contribution in [3.63, 3.8) is 0 Å². The third-order valence-corrected chi connectivity index (χ3v) is 1.04. The van der Waals surface area contributed by atoms with E-state index in [9.17, 15) is 0 Å². The Morgan fingerprint density at radius 2 is 2.67 bits per heavy atom. The summed E-state index contributed by atoms with van der Waals surface area (Å²) in [7, 11) is 1.88. The highest BCUT2D eigenvalue weighted by atomic mass is 15.2. The molecule has 3 heteroatoms. The molecule has 1 heterocycles. The molecule has 0 amide bonds. The second-order valence-electron chi connectivity index (χ2n) is 1.86. The fourth-order valence-corrected chi connectivity index (χ4v) is 0.662. The maximum absolute atomic E-state index is 4.08. The topological polar surface area (TPSA) is 30.2 Å². The van der Waals surface area contributed by atoms with Crippen molar-refractivity contribution < 1.29 is 0 Å². The molecule has 0 aromatic carbocycles. The number of aromatic nitrogens is 2. The van der Waals surface area contributed by atoms with Gasteiger partial charge in [-0.05, 0) is 12.8 Å². The van der Waals surface area contributed by atoms with Crippen LogP contribution in [-0.2, 0) is 13.6 Å². The predicted octanol–water partition coefficient (Wildman–Crippen LogP) is 0.621. The first kappa shape index (κ1) is 6.01. The highest BCUT2D eigenvalue weighted by molar-refractivity contribution is 5.23. The zero-order valence-corrected chi connectivity index (χ0v) is 5.41. The second-order valence-corrected chi connectivity index (χ2v) is 1.86. The van der Waals surface area contributed by atoms with Crippen LogP contribution in [-0.4, -0.2) is 16.5 Å². The number of hydrogen-bond acceptors (Lipinski definition) is 2. The first-order chi connectivity index (χ1) is 4.33. The van der Waals surface area contributed by atoms with E-state index >= 15 is 0 Å². The molecule has 0 unspecified atom stereocenters. The smallest absolute Gasteiger partial charge is 0.0838 e. The third kappa shape index (κ3) is 1.38. The molecule has 0 spiro atoms. The van der Waals surface area contributed by atoms with Crippen molar-refractivity contribution in [3.05, 3.63) is 18.0 Å². The average Bonchev–Trinajstić information content (AvgIpc) is 2.17. The van der Waals surface area contributed by atoms with E-state index in [1.165, 1.54) is 0 Å². The van der Waals surface area contributed by atoms with E-state index in [-0.39, 0.29) is 0 Å². The minimum atomic E-state index is 0.612. The van der Waals surface area contributed by atoms with Gasteiger partial charge >= 0.3 is 0 Å². The molecule has 0 atom stereocenters. The molecular weight excluding hydrogens is 114 g/mol. The normalized spacial score (nSPS) is 9.44. The van der Waals surface area contributed by atoms with Crippen LogP contribution in [0.5, 0.6) is 0 Å². The van der Waals surface area contributed by atoms with Gasteiger partial charge in [0.25, 0.3) is 0 Å². The number of aryl methyl sites for hydroxylation is 1. The Morgan fingerprint density at radius 3 is 3.11 bits per heavy atom. The lowest BCUT2D eigenvalue weighted by atomic mass is 10.4. The lowest BCUT2D eigenvalue weighted by Crippen LogP contribution is -1.89. The molecule has 1 aromatic rings. The maximum Gasteiger partial charge on any atom is 0.0838 e. The zero-order valence-electron chi connectivity index (χ0n) is 5.41. The summed E-state index contributed by atoms with van der Waals surface area (Å²) < 4.78 is 1.75. The van der Waals surface area contributed by atoms with Crippen LogP contribution in [0.15, 0.2) is 17.3 Å². The highest BCUT2D eigenvalue weighted by Crippen LogP contribution is 1.93. The van der Waals surface area contributed by atoms with Crippen LogP contribution in [0.2, 0.25) is 0 Å². The molecule has 0 saturated heterocycles. The molecule has 3 nitrogen and oxygen atoms in total. The van der Waals surface area contributed by atoms with E-state index in [4.69, 9.17) is 0 Å². The third-order valence-electron chi connectivity index (χ3n) is 1.04. The van der Waals surface area contributed by atoms with Gasteiger partial charge in [-0.1, -0.05) is 0 Å². The SMILES string of the molecule is C=NCc1ccn(C)n1. The van der Waals surface area contributed by atoms with Gasteiger partial charge in [0.1, 0.15) is 0 Å². The van der Waals surface area contributed by atoms with E-state index in [0.717, 1.165) is 5.69 Å². The van der Waals surface area contributed by atoms with E-state index < -0.39 is 0 Å². The summed E-state index contributed by atoms with van der Waals surface area (Å²) in [6, 6.07) is 1.93. The summed E-state index contributed by atoms with van der Waals surface area (Å²) in [6.45, 7) is 3.98. The number of aliphatic imine (C=N–C) groups is 1. The van der Waals surface area contributed by atoms with E-state index in [1.807, 2.05) is 19.3 Å². The Morgan fingerprint density at radius 1 is 1.89 bits per heavy atom. The van der Waals surface area contributed by atoms with Crippen molar-refractivity contribution in [2.45, 2.75) is 6.54 Å². The molecule has 0 radical (unpaired) electrons. The average molecular weight is 123 g/mol. The number of nitrogens with zero attached hydrogens (tertiary/aromatic N) is 3. The van der Waals surface area contributed by atoms with Crippen molar-refractivity contribution in [3.8, 4) is 0 Å². The predicted molar refractivity (Wildman–Crippen MR) is 36.5 cm³/mol. The maximum atomic E-state index is 4.08. The van der Waals surface area contributed by atoms with Gasteiger partial charge in [0, 0.05) is 13.2 Å². The highest BCUT2D eigenvalue weighted by Gasteiger charge is 1.90. The van der Waals surface area contributed by atoms with Crippen molar-refractivity contribution >= 4 is 6.72 Å². The molecule has 1 rings (SSSR count). The Bertz CT molecular complexity index is 202. The van der Waals surface area contributed by atoms with Gasteiger partial charge in [-0.3, -0.25) is 9.67 Å². The van der Waals surface area contributed by atoms with Crippen LogP contribution in [0.25, 0.3) is 0 Å². The van der Waals surface area contributed by atoms with Gasteiger partial charge in [0.2, 0.25) is 0 Å². The summed E-state index contributed by atoms with van der Waals surface area (Å²) >= 11 is 0. The number of hydrogen-bond donors (Lipinski definition) is 0. The van der Waals surface area contributed by atoms with Crippen molar-refractivity contribution in [1.29, 1.82) is 0 Å². The van der Waals surface area contributed by atoms with Gasteiger partial charge < -0.3 is 0 Å². The van der Waals surface area contributed by atoms with Crippen LogP contribution < -0.4 is 0 Å². The molecule has 9 heavy (non-hydrogen) atoms. The minimum absolute atomic E-state index is 0.612. The fourth-order valence-electron chi connectivity index (χ4n) is 0.662. The first-order valence-corrected chi connectivity index (χ1v) is 2.74. The van der Waals surface area contributed by atoms with Gasteiger partial charge in [-0.25, -0.2) is 0 Å². The summed E-state index contributed by atoms with van der Waals surface area (Å²) in [5, 5.41) is 4.08. The number of rotatable bonds is 2. The van der Waals surface area contributed by atoms with Crippen LogP contribution in [0, 0.1) is 0 Å². The lowest BCUT2D eigenvalue weighted by molar-refractivity contribution is 0.743. The molecule has 0 N–H and O–H groups in total. The Hall–Kier alpha value is -1.12. The quantitative estimate of drug-likeness (QED) is 0.530. The molecule has 1 aromatic heterocycles. The summed E-state index contributed by atoms with van der Waals surface area (Å²) in [5.41, 5.74) is 0.965. The lowest BCUT2D eigenvalue weighted by Gasteiger charge is -1.85. The molecule has 0 bridgehead atoms. The molecule has 0 aliphatic carbocycles. The monoisotopic (exact) mass is 123 g/mol. The van der Waals surface area contributed by atoms with Crippen LogP contribution >= 0.6 is 0 Å². The van der Waals surface area contributed by atoms with Crippen molar-refractivity contribution in [2.24, 2.45) is 12.0 Å². The molecular formula is C6H9N3. The van der Waals surface area contributed by atoms with Crippen LogP contribution in [0.4, 0.5) is 0 Å². The van der Waals surface area contributed by atoms with Crippen molar-refractivity contribution in [1.82, 2.24) is 9.78 Å². The van der Waals surface area contributed by atoms with Crippen molar-refractivity contribution in [2.75, 3.05) is 0 Å². The van der Waals surface area contributed by atoms with Gasteiger partial charge in [0.15, 0.2) is 0 Å².